The van der Waals surface area contributed by atoms with Gasteiger partial charge >= 0.3 is 0 Å². The van der Waals surface area contributed by atoms with Crippen molar-refractivity contribution in [2.75, 3.05) is 32.4 Å². The molecule has 2 fully saturated rings. The molecule has 0 amide bonds. The fraction of sp³-hybridized carbons (Fsp3) is 0.611. The van der Waals surface area contributed by atoms with Crippen LogP contribution in [-0.4, -0.2) is 51.7 Å². The number of hydrogen-bond donors (Lipinski definition) is 1. The predicted molar refractivity (Wildman–Crippen MR) is 96.9 cm³/mol. The van der Waals surface area contributed by atoms with E-state index in [2.05, 4.69) is 15.2 Å². The lowest BCUT2D eigenvalue weighted by Gasteiger charge is -2.22. The van der Waals surface area contributed by atoms with E-state index in [4.69, 9.17) is 0 Å². The normalized spacial score (nSPS) is 24.7. The fourth-order valence-corrected chi connectivity index (χ4v) is 5.13. The summed E-state index contributed by atoms with van der Waals surface area (Å²) in [7, 11) is -1.47. The Hall–Kier alpha value is -1.56. The summed E-state index contributed by atoms with van der Waals surface area (Å²) in [6.07, 6.45) is 5.33. The van der Waals surface area contributed by atoms with Crippen molar-refractivity contribution in [1.29, 1.82) is 0 Å². The van der Waals surface area contributed by atoms with E-state index in [1.54, 1.807) is 31.3 Å². The van der Waals surface area contributed by atoms with Gasteiger partial charge in [-0.25, -0.2) is 8.42 Å². The lowest BCUT2D eigenvalue weighted by Crippen LogP contribution is -2.42. The molecule has 0 spiro atoms. The number of hydrogen-bond acceptors (Lipinski definition) is 3. The largest absolute Gasteiger partial charge is 0.355 e. The summed E-state index contributed by atoms with van der Waals surface area (Å²) in [5, 5.41) is 3.24. The molecule has 6 heteroatoms. The summed E-state index contributed by atoms with van der Waals surface area (Å²) < 4.78 is 24.7. The van der Waals surface area contributed by atoms with Crippen LogP contribution in [0, 0.1) is 11.8 Å². The van der Waals surface area contributed by atoms with Crippen LogP contribution in [0.15, 0.2) is 40.2 Å². The average Bonchev–Trinajstić information content (AvgIpc) is 3.03. The van der Waals surface area contributed by atoms with Crippen LogP contribution in [0.4, 0.5) is 0 Å². The van der Waals surface area contributed by atoms with Crippen molar-refractivity contribution in [2.45, 2.75) is 30.6 Å². The van der Waals surface area contributed by atoms with Crippen molar-refractivity contribution >= 4 is 15.8 Å². The van der Waals surface area contributed by atoms with Crippen molar-refractivity contribution in [1.82, 2.24) is 10.2 Å². The van der Waals surface area contributed by atoms with Crippen molar-refractivity contribution < 1.29 is 8.42 Å². The Kier molecular flexibility index (Phi) is 5.43. The Bertz CT molecular complexity index is 659. The van der Waals surface area contributed by atoms with Crippen LogP contribution >= 0.6 is 0 Å². The highest BCUT2D eigenvalue weighted by atomic mass is 32.2. The second-order valence-corrected chi connectivity index (χ2v) is 8.92. The van der Waals surface area contributed by atoms with E-state index in [9.17, 15) is 8.42 Å². The van der Waals surface area contributed by atoms with Crippen LogP contribution in [0.25, 0.3) is 0 Å². The summed E-state index contributed by atoms with van der Waals surface area (Å²) in [4.78, 5) is 7.04. The highest BCUT2D eigenvalue weighted by Crippen LogP contribution is 2.35. The van der Waals surface area contributed by atoms with Crippen LogP contribution in [0.3, 0.4) is 0 Å². The molecule has 0 aromatic heterocycles. The standard InChI is InChI=1S/C18H27N3O2S/c1-19-18(21-13-15-7-5-6-8-16(15)14-21)20-11-12-24(22,23)17-9-3-2-4-10-17/h2-4,9-10,15-16H,5-8,11-14H2,1H3,(H,19,20). The quantitative estimate of drug-likeness (QED) is 0.668. The first-order valence-corrected chi connectivity index (χ1v) is 10.5. The van der Waals surface area contributed by atoms with Gasteiger partial charge in [-0.1, -0.05) is 31.0 Å². The number of nitrogens with zero attached hydrogens (tertiary/aromatic N) is 2. The van der Waals surface area contributed by atoms with Crippen molar-refractivity contribution in [3.8, 4) is 0 Å². The molecule has 1 heterocycles. The van der Waals surface area contributed by atoms with Gasteiger partial charge in [-0.3, -0.25) is 4.99 Å². The molecule has 2 aliphatic rings. The maximum Gasteiger partial charge on any atom is 0.193 e. The highest BCUT2D eigenvalue weighted by Gasteiger charge is 2.35. The minimum Gasteiger partial charge on any atom is -0.355 e. The summed E-state index contributed by atoms with van der Waals surface area (Å²) in [6, 6.07) is 8.63. The van der Waals surface area contributed by atoms with Gasteiger partial charge in [-0.15, -0.1) is 0 Å². The van der Waals surface area contributed by atoms with Crippen LogP contribution < -0.4 is 5.32 Å². The van der Waals surface area contributed by atoms with E-state index in [1.165, 1.54) is 25.7 Å². The van der Waals surface area contributed by atoms with E-state index in [0.29, 0.717) is 11.4 Å². The monoisotopic (exact) mass is 349 g/mol. The molecule has 0 bridgehead atoms. The Morgan fingerprint density at radius 3 is 2.38 bits per heavy atom. The van der Waals surface area contributed by atoms with Gasteiger partial charge in [0.05, 0.1) is 10.6 Å². The zero-order chi connectivity index (χ0) is 17.0. The number of guanidine groups is 1. The fourth-order valence-electron chi connectivity index (χ4n) is 3.95. The maximum absolute atomic E-state index is 12.3. The number of rotatable bonds is 4. The Balaban J connectivity index is 1.54. The van der Waals surface area contributed by atoms with E-state index in [-0.39, 0.29) is 5.75 Å². The smallest absolute Gasteiger partial charge is 0.193 e. The molecule has 1 N–H and O–H groups in total. The lowest BCUT2D eigenvalue weighted by atomic mass is 9.82. The number of likely N-dealkylation sites (tertiary alicyclic amines) is 1. The lowest BCUT2D eigenvalue weighted by molar-refractivity contribution is 0.299. The first-order chi connectivity index (χ1) is 11.6. The van der Waals surface area contributed by atoms with E-state index in [1.807, 2.05) is 6.07 Å². The number of nitrogens with one attached hydrogen (secondary N) is 1. The molecule has 2 unspecified atom stereocenters. The van der Waals surface area contributed by atoms with Crippen LogP contribution in [-0.2, 0) is 9.84 Å². The number of benzene rings is 1. The zero-order valence-electron chi connectivity index (χ0n) is 14.3. The molecular weight excluding hydrogens is 322 g/mol. The van der Waals surface area contributed by atoms with Gasteiger partial charge in [0.25, 0.3) is 0 Å². The molecule has 132 valence electrons. The second-order valence-electron chi connectivity index (χ2n) is 6.82. The van der Waals surface area contributed by atoms with Gasteiger partial charge in [0.2, 0.25) is 0 Å². The van der Waals surface area contributed by atoms with Gasteiger partial charge < -0.3 is 10.2 Å². The maximum atomic E-state index is 12.3. The first kappa shape index (κ1) is 17.3. The average molecular weight is 350 g/mol. The molecule has 3 rings (SSSR count). The third-order valence-electron chi connectivity index (χ3n) is 5.24. The molecule has 1 aliphatic heterocycles. The minimum atomic E-state index is -3.24. The van der Waals surface area contributed by atoms with Crippen LogP contribution in [0.2, 0.25) is 0 Å². The number of fused-ring (bicyclic) bond motifs is 1. The van der Waals surface area contributed by atoms with Crippen molar-refractivity contribution in [3.05, 3.63) is 30.3 Å². The molecule has 1 aromatic rings. The molecule has 5 nitrogen and oxygen atoms in total. The predicted octanol–water partition coefficient (Wildman–Crippen LogP) is 2.16. The minimum absolute atomic E-state index is 0.0801. The number of sulfone groups is 1. The SMILES string of the molecule is CN=C(NCCS(=O)(=O)c1ccccc1)N1CC2CCCCC2C1. The Morgan fingerprint density at radius 2 is 1.79 bits per heavy atom. The third kappa shape index (κ3) is 3.91. The molecule has 1 aliphatic carbocycles. The Morgan fingerprint density at radius 1 is 1.17 bits per heavy atom. The Labute approximate surface area is 145 Å². The summed E-state index contributed by atoms with van der Waals surface area (Å²) in [6.45, 7) is 2.49. The molecule has 1 aromatic carbocycles. The zero-order valence-corrected chi connectivity index (χ0v) is 15.1. The van der Waals surface area contributed by atoms with Gasteiger partial charge in [-0.2, -0.15) is 0 Å². The molecule has 1 saturated heterocycles. The van der Waals surface area contributed by atoms with Crippen molar-refractivity contribution in [3.63, 3.8) is 0 Å². The van der Waals surface area contributed by atoms with Gasteiger partial charge in [-0.05, 0) is 36.8 Å². The van der Waals surface area contributed by atoms with Crippen LogP contribution in [0.5, 0.6) is 0 Å². The third-order valence-corrected chi connectivity index (χ3v) is 6.98. The topological polar surface area (TPSA) is 61.8 Å². The molecule has 0 radical (unpaired) electrons. The van der Waals surface area contributed by atoms with E-state index >= 15 is 0 Å². The number of aliphatic imine (C=N–C) groups is 1. The van der Waals surface area contributed by atoms with Crippen LogP contribution in [0.1, 0.15) is 25.7 Å². The summed E-state index contributed by atoms with van der Waals surface area (Å²) >= 11 is 0. The summed E-state index contributed by atoms with van der Waals surface area (Å²) in [5.41, 5.74) is 0. The van der Waals surface area contributed by atoms with E-state index in [0.717, 1.165) is 30.9 Å². The molecule has 24 heavy (non-hydrogen) atoms. The summed E-state index contributed by atoms with van der Waals surface area (Å²) in [5.74, 6) is 2.49. The highest BCUT2D eigenvalue weighted by molar-refractivity contribution is 7.91. The first-order valence-electron chi connectivity index (χ1n) is 8.83. The van der Waals surface area contributed by atoms with Gasteiger partial charge in [0.15, 0.2) is 15.8 Å². The van der Waals surface area contributed by atoms with Gasteiger partial charge in [0, 0.05) is 26.7 Å². The molecule has 1 saturated carbocycles. The van der Waals surface area contributed by atoms with Crippen molar-refractivity contribution in [2.24, 2.45) is 16.8 Å². The molecule has 2 atom stereocenters. The second kappa shape index (κ2) is 7.55. The molecular formula is C18H27N3O2S. The van der Waals surface area contributed by atoms with Gasteiger partial charge in [0.1, 0.15) is 0 Å². The van der Waals surface area contributed by atoms with E-state index < -0.39 is 9.84 Å².